The van der Waals surface area contributed by atoms with E-state index >= 15 is 0 Å². The number of aromatic carboxylic acids is 2. The van der Waals surface area contributed by atoms with Crippen LogP contribution in [0, 0.1) is 0 Å². The van der Waals surface area contributed by atoms with Gasteiger partial charge in [-0.3, -0.25) is 0 Å². The third-order valence-electron chi connectivity index (χ3n) is 5.50. The van der Waals surface area contributed by atoms with Crippen molar-refractivity contribution < 1.29 is 29.3 Å². The summed E-state index contributed by atoms with van der Waals surface area (Å²) in [6, 6.07) is 3.48. The largest absolute Gasteiger partial charge is 0.478 e. The van der Waals surface area contributed by atoms with Gasteiger partial charge < -0.3 is 14.9 Å². The van der Waals surface area contributed by atoms with Crippen molar-refractivity contribution in [3.05, 3.63) is 34.9 Å². The Morgan fingerprint density at radius 1 is 0.742 bits per heavy atom. The van der Waals surface area contributed by atoms with Crippen molar-refractivity contribution in [2.75, 3.05) is 0 Å². The number of hydrogen-bond acceptors (Lipinski definition) is 4. The van der Waals surface area contributed by atoms with Crippen molar-refractivity contribution >= 4 is 17.9 Å². The van der Waals surface area contributed by atoms with E-state index in [1.165, 1.54) is 50.7 Å². The van der Waals surface area contributed by atoms with Crippen LogP contribution >= 0.6 is 0 Å². The number of esters is 1. The van der Waals surface area contributed by atoms with Crippen molar-refractivity contribution in [2.24, 2.45) is 0 Å². The molecule has 2 N–H and O–H groups in total. The molecule has 0 radical (unpaired) electrons. The molecule has 0 fully saturated rings. The van der Waals surface area contributed by atoms with E-state index in [2.05, 4.69) is 13.8 Å². The molecule has 1 aromatic carbocycles. The molecule has 0 bridgehead atoms. The number of rotatable bonds is 17. The van der Waals surface area contributed by atoms with Gasteiger partial charge in [-0.05, 0) is 43.9 Å². The lowest BCUT2D eigenvalue weighted by Crippen LogP contribution is -2.21. The fourth-order valence-corrected chi connectivity index (χ4v) is 3.64. The third-order valence-corrected chi connectivity index (χ3v) is 5.50. The summed E-state index contributed by atoms with van der Waals surface area (Å²) in [4.78, 5) is 35.4. The Morgan fingerprint density at radius 3 is 1.74 bits per heavy atom. The Labute approximate surface area is 186 Å². The predicted molar refractivity (Wildman–Crippen MR) is 121 cm³/mol. The number of carbonyl (C=O) groups excluding carboxylic acids is 1. The summed E-state index contributed by atoms with van der Waals surface area (Å²) >= 11 is 0. The van der Waals surface area contributed by atoms with Crippen molar-refractivity contribution in [1.82, 2.24) is 0 Å². The van der Waals surface area contributed by atoms with Gasteiger partial charge in [-0.15, -0.1) is 0 Å². The van der Waals surface area contributed by atoms with Crippen LogP contribution in [-0.4, -0.2) is 34.2 Å². The Kier molecular flexibility index (Phi) is 13.3. The molecule has 6 heteroatoms. The SMILES string of the molecule is CCCCCCCCC(CCCCCCC)OC(=O)c1ccc(C(=O)O)cc1C(=O)O. The Bertz CT molecular complexity index is 697. The van der Waals surface area contributed by atoms with E-state index in [0.29, 0.717) is 0 Å². The van der Waals surface area contributed by atoms with Crippen LogP contribution in [0.25, 0.3) is 0 Å². The zero-order chi connectivity index (χ0) is 23.1. The molecule has 6 nitrogen and oxygen atoms in total. The standard InChI is InChI=1S/C25H38O6/c1-3-5-7-9-11-13-15-20(14-12-10-8-6-4-2)31-25(30)21-17-16-19(23(26)27)18-22(21)24(28)29/h16-18,20H,3-15H2,1-2H3,(H,26,27)(H,28,29). The molecule has 0 amide bonds. The first-order chi connectivity index (χ1) is 14.9. The first kappa shape index (κ1) is 26.7. The molecule has 1 aromatic rings. The first-order valence-corrected chi connectivity index (χ1v) is 11.7. The summed E-state index contributed by atoms with van der Waals surface area (Å²) < 4.78 is 5.71. The number of hydrogen-bond donors (Lipinski definition) is 2. The monoisotopic (exact) mass is 434 g/mol. The molecule has 0 aromatic heterocycles. The van der Waals surface area contributed by atoms with Crippen LogP contribution in [-0.2, 0) is 4.74 Å². The second-order valence-corrected chi connectivity index (χ2v) is 8.16. The Balaban J connectivity index is 2.77. The van der Waals surface area contributed by atoms with Gasteiger partial charge in [0, 0.05) is 0 Å². The van der Waals surface area contributed by atoms with Gasteiger partial charge in [0.05, 0.1) is 16.7 Å². The Morgan fingerprint density at radius 2 is 1.26 bits per heavy atom. The number of carboxylic acids is 2. The highest BCUT2D eigenvalue weighted by atomic mass is 16.5. The molecule has 0 spiro atoms. The molecular formula is C25H38O6. The first-order valence-electron chi connectivity index (χ1n) is 11.7. The maximum Gasteiger partial charge on any atom is 0.339 e. The zero-order valence-corrected chi connectivity index (χ0v) is 19.0. The zero-order valence-electron chi connectivity index (χ0n) is 19.0. The molecule has 0 saturated heterocycles. The summed E-state index contributed by atoms with van der Waals surface area (Å²) in [5, 5.41) is 18.5. The summed E-state index contributed by atoms with van der Waals surface area (Å²) in [7, 11) is 0. The van der Waals surface area contributed by atoms with Gasteiger partial charge in [0.15, 0.2) is 0 Å². The molecule has 0 aliphatic rings. The Hall–Kier alpha value is -2.37. The van der Waals surface area contributed by atoms with Crippen LogP contribution in [0.4, 0.5) is 0 Å². The van der Waals surface area contributed by atoms with E-state index in [1.807, 2.05) is 0 Å². The molecule has 0 heterocycles. The molecule has 0 aliphatic heterocycles. The normalized spacial score (nSPS) is 11.8. The molecule has 174 valence electrons. The van der Waals surface area contributed by atoms with E-state index in [-0.39, 0.29) is 22.8 Å². The quantitative estimate of drug-likeness (QED) is 0.208. The minimum atomic E-state index is -1.35. The minimum Gasteiger partial charge on any atom is -0.478 e. The summed E-state index contributed by atoms with van der Waals surface area (Å²) in [5.74, 6) is -3.28. The molecular weight excluding hydrogens is 396 g/mol. The fraction of sp³-hybridized carbons (Fsp3) is 0.640. The highest BCUT2D eigenvalue weighted by molar-refractivity contribution is 6.04. The second-order valence-electron chi connectivity index (χ2n) is 8.16. The molecule has 31 heavy (non-hydrogen) atoms. The molecule has 1 unspecified atom stereocenters. The summed E-state index contributed by atoms with van der Waals surface area (Å²) in [6.07, 6.45) is 13.8. The number of carbonyl (C=O) groups is 3. The number of carboxylic acid groups (broad SMARTS) is 2. The van der Waals surface area contributed by atoms with Gasteiger partial charge in [0.25, 0.3) is 0 Å². The van der Waals surface area contributed by atoms with Gasteiger partial charge in [0.2, 0.25) is 0 Å². The van der Waals surface area contributed by atoms with Crippen molar-refractivity contribution in [1.29, 1.82) is 0 Å². The second kappa shape index (κ2) is 15.4. The fourth-order valence-electron chi connectivity index (χ4n) is 3.64. The van der Waals surface area contributed by atoms with Gasteiger partial charge in [0.1, 0.15) is 6.10 Å². The van der Waals surface area contributed by atoms with Crippen molar-refractivity contribution in [3.8, 4) is 0 Å². The molecule has 1 rings (SSSR count). The maximum absolute atomic E-state index is 12.7. The number of ether oxygens (including phenoxy) is 1. The summed E-state index contributed by atoms with van der Waals surface area (Å²) in [6.45, 7) is 4.35. The van der Waals surface area contributed by atoms with Crippen LogP contribution in [0.15, 0.2) is 18.2 Å². The van der Waals surface area contributed by atoms with Crippen LogP contribution in [0.3, 0.4) is 0 Å². The average molecular weight is 435 g/mol. The number of unbranched alkanes of at least 4 members (excludes halogenated alkanes) is 9. The van der Waals surface area contributed by atoms with Crippen LogP contribution in [0.1, 0.15) is 128 Å². The third kappa shape index (κ3) is 10.5. The lowest BCUT2D eigenvalue weighted by molar-refractivity contribution is 0.0243. The van der Waals surface area contributed by atoms with E-state index in [1.54, 1.807) is 0 Å². The topological polar surface area (TPSA) is 101 Å². The van der Waals surface area contributed by atoms with Crippen molar-refractivity contribution in [2.45, 2.75) is 103 Å². The van der Waals surface area contributed by atoms with Gasteiger partial charge >= 0.3 is 17.9 Å². The smallest absolute Gasteiger partial charge is 0.339 e. The molecule has 0 aliphatic carbocycles. The highest BCUT2D eigenvalue weighted by Gasteiger charge is 2.23. The van der Waals surface area contributed by atoms with E-state index in [9.17, 15) is 19.5 Å². The van der Waals surface area contributed by atoms with Crippen LogP contribution < -0.4 is 0 Å². The van der Waals surface area contributed by atoms with Gasteiger partial charge in [-0.1, -0.05) is 71.6 Å². The van der Waals surface area contributed by atoms with Crippen LogP contribution in [0.2, 0.25) is 0 Å². The number of benzene rings is 1. The molecule has 0 saturated carbocycles. The predicted octanol–water partition coefficient (Wildman–Crippen LogP) is 6.72. The summed E-state index contributed by atoms with van der Waals surface area (Å²) in [5.41, 5.74) is -0.615. The molecule has 1 atom stereocenters. The maximum atomic E-state index is 12.7. The van der Waals surface area contributed by atoms with E-state index in [0.717, 1.165) is 51.0 Å². The lowest BCUT2D eigenvalue weighted by Gasteiger charge is -2.19. The van der Waals surface area contributed by atoms with Crippen molar-refractivity contribution in [3.63, 3.8) is 0 Å². The lowest BCUT2D eigenvalue weighted by atomic mass is 10.0. The minimum absolute atomic E-state index is 0.101. The highest BCUT2D eigenvalue weighted by Crippen LogP contribution is 2.20. The van der Waals surface area contributed by atoms with Gasteiger partial charge in [-0.2, -0.15) is 0 Å². The van der Waals surface area contributed by atoms with Gasteiger partial charge in [-0.25, -0.2) is 14.4 Å². The average Bonchev–Trinajstić information content (AvgIpc) is 2.75. The van der Waals surface area contributed by atoms with E-state index in [4.69, 9.17) is 9.84 Å². The van der Waals surface area contributed by atoms with Crippen LogP contribution in [0.5, 0.6) is 0 Å². The van der Waals surface area contributed by atoms with E-state index < -0.39 is 17.9 Å².